The van der Waals surface area contributed by atoms with Gasteiger partial charge in [-0.15, -0.1) is 0 Å². The smallest absolute Gasteiger partial charge is 0.257 e. The lowest BCUT2D eigenvalue weighted by Gasteiger charge is -2.35. The summed E-state index contributed by atoms with van der Waals surface area (Å²) >= 11 is 0. The number of hydrogen-bond acceptors (Lipinski definition) is 3. The molecule has 0 saturated carbocycles. The van der Waals surface area contributed by atoms with Gasteiger partial charge < -0.3 is 9.80 Å². The zero-order chi connectivity index (χ0) is 16.4. The van der Waals surface area contributed by atoms with E-state index in [1.807, 2.05) is 23.1 Å². The van der Waals surface area contributed by atoms with Crippen molar-refractivity contribution in [3.8, 4) is 0 Å². The summed E-state index contributed by atoms with van der Waals surface area (Å²) in [4.78, 5) is 20.0. The highest BCUT2D eigenvalue weighted by molar-refractivity contribution is 5.94. The highest BCUT2D eigenvalue weighted by atomic mass is 19.2. The summed E-state index contributed by atoms with van der Waals surface area (Å²) < 4.78 is 39.9. The third-order valence-electron chi connectivity index (χ3n) is 3.81. The molecule has 0 aliphatic carbocycles. The summed E-state index contributed by atoms with van der Waals surface area (Å²) in [6, 6.07) is 7.29. The Hall–Kier alpha value is -2.57. The van der Waals surface area contributed by atoms with Crippen LogP contribution in [0.25, 0.3) is 0 Å². The van der Waals surface area contributed by atoms with Gasteiger partial charge >= 0.3 is 0 Å². The first-order valence-electron chi connectivity index (χ1n) is 7.16. The van der Waals surface area contributed by atoms with Crippen molar-refractivity contribution in [2.45, 2.75) is 0 Å². The number of benzene rings is 1. The second kappa shape index (κ2) is 6.28. The van der Waals surface area contributed by atoms with Gasteiger partial charge in [-0.25, -0.2) is 18.2 Å². The maximum Gasteiger partial charge on any atom is 0.257 e. The Labute approximate surface area is 131 Å². The average molecular weight is 321 g/mol. The Morgan fingerprint density at radius 3 is 2.35 bits per heavy atom. The molecule has 1 fully saturated rings. The molecule has 0 radical (unpaired) electrons. The first-order valence-corrected chi connectivity index (χ1v) is 7.16. The summed E-state index contributed by atoms with van der Waals surface area (Å²) in [5.41, 5.74) is -0.449. The number of nitrogens with zero attached hydrogens (tertiary/aromatic N) is 3. The quantitative estimate of drug-likeness (QED) is 0.797. The summed E-state index contributed by atoms with van der Waals surface area (Å²) in [6.07, 6.45) is 1.68. The van der Waals surface area contributed by atoms with Crippen molar-refractivity contribution in [2.24, 2.45) is 0 Å². The first-order chi connectivity index (χ1) is 11.1. The standard InChI is InChI=1S/C16H14F3N3O/c17-12-5-4-11(14(18)15(12)19)16(23)22-9-7-21(8-10-22)13-3-1-2-6-20-13/h1-6H,7-10H2. The maximum atomic E-state index is 13.7. The monoisotopic (exact) mass is 321 g/mol. The molecule has 0 N–H and O–H groups in total. The van der Waals surface area contributed by atoms with Crippen LogP contribution in [0.3, 0.4) is 0 Å². The molecular formula is C16H14F3N3O. The van der Waals surface area contributed by atoms with Crippen molar-refractivity contribution in [3.05, 3.63) is 59.5 Å². The minimum absolute atomic E-state index is 0.355. The molecule has 23 heavy (non-hydrogen) atoms. The number of piperazine rings is 1. The van der Waals surface area contributed by atoms with E-state index < -0.39 is 28.9 Å². The van der Waals surface area contributed by atoms with Crippen molar-refractivity contribution >= 4 is 11.7 Å². The number of carbonyl (C=O) groups is 1. The van der Waals surface area contributed by atoms with E-state index in [2.05, 4.69) is 4.98 Å². The SMILES string of the molecule is O=C(c1ccc(F)c(F)c1F)N1CCN(c2ccccn2)CC1. The Morgan fingerprint density at radius 2 is 1.70 bits per heavy atom. The van der Waals surface area contributed by atoms with Gasteiger partial charge in [0, 0.05) is 32.4 Å². The van der Waals surface area contributed by atoms with E-state index in [-0.39, 0.29) is 0 Å². The molecule has 1 amide bonds. The largest absolute Gasteiger partial charge is 0.353 e. The topological polar surface area (TPSA) is 36.4 Å². The predicted molar refractivity (Wildman–Crippen MR) is 78.7 cm³/mol. The fourth-order valence-electron chi connectivity index (χ4n) is 2.54. The number of hydrogen-bond donors (Lipinski definition) is 0. The number of anilines is 1. The zero-order valence-electron chi connectivity index (χ0n) is 12.2. The Kier molecular flexibility index (Phi) is 4.18. The zero-order valence-corrected chi connectivity index (χ0v) is 12.2. The van der Waals surface area contributed by atoms with E-state index in [0.717, 1.165) is 18.0 Å². The van der Waals surface area contributed by atoms with Crippen LogP contribution in [-0.4, -0.2) is 42.0 Å². The molecule has 1 aromatic heterocycles. The van der Waals surface area contributed by atoms with Crippen LogP contribution in [0.4, 0.5) is 19.0 Å². The van der Waals surface area contributed by atoms with Gasteiger partial charge in [-0.2, -0.15) is 0 Å². The number of carbonyl (C=O) groups excluding carboxylic acids is 1. The van der Waals surface area contributed by atoms with E-state index in [1.165, 1.54) is 4.90 Å². The first kappa shape index (κ1) is 15.3. The molecule has 0 spiro atoms. The second-order valence-corrected chi connectivity index (χ2v) is 5.19. The summed E-state index contributed by atoms with van der Waals surface area (Å²) in [6.45, 7) is 1.78. The minimum Gasteiger partial charge on any atom is -0.353 e. The van der Waals surface area contributed by atoms with Crippen LogP contribution in [0.1, 0.15) is 10.4 Å². The Morgan fingerprint density at radius 1 is 0.957 bits per heavy atom. The molecule has 3 rings (SSSR count). The van der Waals surface area contributed by atoms with Crippen LogP contribution in [0.2, 0.25) is 0 Å². The van der Waals surface area contributed by atoms with E-state index in [4.69, 9.17) is 0 Å². The van der Waals surface area contributed by atoms with E-state index >= 15 is 0 Å². The van der Waals surface area contributed by atoms with Gasteiger partial charge in [0.1, 0.15) is 5.82 Å². The van der Waals surface area contributed by atoms with Crippen LogP contribution in [0.15, 0.2) is 36.5 Å². The van der Waals surface area contributed by atoms with Crippen LogP contribution in [0, 0.1) is 17.5 Å². The molecule has 2 heterocycles. The van der Waals surface area contributed by atoms with Gasteiger partial charge in [-0.05, 0) is 24.3 Å². The predicted octanol–water partition coefficient (Wildman–Crippen LogP) is 2.46. The van der Waals surface area contributed by atoms with Crippen molar-refractivity contribution in [3.63, 3.8) is 0 Å². The molecule has 1 aromatic carbocycles. The van der Waals surface area contributed by atoms with Gasteiger partial charge in [0.2, 0.25) is 0 Å². The average Bonchev–Trinajstić information content (AvgIpc) is 2.60. The normalized spacial score (nSPS) is 14.9. The highest BCUT2D eigenvalue weighted by Crippen LogP contribution is 2.19. The Balaban J connectivity index is 1.70. The number of pyridine rings is 1. The molecule has 0 unspecified atom stereocenters. The molecule has 0 bridgehead atoms. The van der Waals surface area contributed by atoms with Gasteiger partial charge in [0.05, 0.1) is 5.56 Å². The van der Waals surface area contributed by atoms with Crippen molar-refractivity contribution in [1.29, 1.82) is 0 Å². The molecule has 0 atom stereocenters. The van der Waals surface area contributed by atoms with Gasteiger partial charge in [0.15, 0.2) is 17.5 Å². The summed E-state index contributed by atoms with van der Waals surface area (Å²) in [7, 11) is 0. The third-order valence-corrected chi connectivity index (χ3v) is 3.81. The fourth-order valence-corrected chi connectivity index (χ4v) is 2.54. The highest BCUT2D eigenvalue weighted by Gasteiger charge is 2.26. The van der Waals surface area contributed by atoms with E-state index in [9.17, 15) is 18.0 Å². The summed E-state index contributed by atoms with van der Waals surface area (Å²) in [5.74, 6) is -4.20. The molecule has 4 nitrogen and oxygen atoms in total. The molecule has 1 saturated heterocycles. The number of rotatable bonds is 2. The number of halogens is 3. The van der Waals surface area contributed by atoms with Gasteiger partial charge in [-0.3, -0.25) is 4.79 Å². The van der Waals surface area contributed by atoms with Crippen LogP contribution >= 0.6 is 0 Å². The molecule has 120 valence electrons. The molecule has 2 aromatic rings. The van der Waals surface area contributed by atoms with Crippen molar-refractivity contribution in [2.75, 3.05) is 31.1 Å². The molecule has 1 aliphatic rings. The molecular weight excluding hydrogens is 307 g/mol. The fraction of sp³-hybridized carbons (Fsp3) is 0.250. The van der Waals surface area contributed by atoms with Gasteiger partial charge in [0.25, 0.3) is 5.91 Å². The number of amides is 1. The lowest BCUT2D eigenvalue weighted by atomic mass is 10.1. The summed E-state index contributed by atoms with van der Waals surface area (Å²) in [5, 5.41) is 0. The van der Waals surface area contributed by atoms with Crippen LogP contribution in [-0.2, 0) is 0 Å². The Bertz CT molecular complexity index is 716. The molecule has 7 heteroatoms. The van der Waals surface area contributed by atoms with Gasteiger partial charge in [-0.1, -0.05) is 6.07 Å². The van der Waals surface area contributed by atoms with Crippen molar-refractivity contribution < 1.29 is 18.0 Å². The van der Waals surface area contributed by atoms with E-state index in [1.54, 1.807) is 6.20 Å². The third kappa shape index (κ3) is 2.99. The minimum atomic E-state index is -1.62. The van der Waals surface area contributed by atoms with E-state index in [0.29, 0.717) is 26.2 Å². The lowest BCUT2D eigenvalue weighted by molar-refractivity contribution is 0.0740. The number of aromatic nitrogens is 1. The lowest BCUT2D eigenvalue weighted by Crippen LogP contribution is -2.49. The maximum absolute atomic E-state index is 13.7. The molecule has 1 aliphatic heterocycles. The second-order valence-electron chi connectivity index (χ2n) is 5.19. The van der Waals surface area contributed by atoms with Crippen LogP contribution < -0.4 is 4.90 Å². The van der Waals surface area contributed by atoms with Crippen molar-refractivity contribution in [1.82, 2.24) is 9.88 Å². The van der Waals surface area contributed by atoms with Crippen LogP contribution in [0.5, 0.6) is 0 Å².